The molecule has 0 bridgehead atoms. The van der Waals surface area contributed by atoms with Crippen molar-refractivity contribution in [3.63, 3.8) is 0 Å². The third-order valence-electron chi connectivity index (χ3n) is 5.52. The fourth-order valence-electron chi connectivity index (χ4n) is 3.81. The third-order valence-corrected chi connectivity index (χ3v) is 6.54. The molecule has 4 aromatic rings. The van der Waals surface area contributed by atoms with E-state index in [1.807, 2.05) is 49.4 Å². The molecule has 39 heavy (non-hydrogen) atoms. The Labute approximate surface area is 240 Å². The number of rotatable bonds is 10. The van der Waals surface area contributed by atoms with Crippen molar-refractivity contribution in [1.29, 1.82) is 0 Å². The minimum Gasteiger partial charge on any atom is -0.490 e. The molecule has 7 nitrogen and oxygen atoms in total. The van der Waals surface area contributed by atoms with Crippen LogP contribution in [-0.2, 0) is 16.0 Å². The van der Waals surface area contributed by atoms with E-state index in [1.54, 1.807) is 24.3 Å². The fraction of sp³-hybridized carbons (Fsp3) is 0.138. The van der Waals surface area contributed by atoms with Gasteiger partial charge in [-0.1, -0.05) is 77.3 Å². The van der Waals surface area contributed by atoms with Gasteiger partial charge in [-0.25, -0.2) is 5.43 Å². The third kappa shape index (κ3) is 7.63. The van der Waals surface area contributed by atoms with Crippen molar-refractivity contribution in [3.8, 4) is 11.5 Å². The highest BCUT2D eigenvalue weighted by Crippen LogP contribution is 2.36. The summed E-state index contributed by atoms with van der Waals surface area (Å²) >= 11 is 18.3. The lowest BCUT2D eigenvalue weighted by Gasteiger charge is -2.14. The predicted octanol–water partition coefficient (Wildman–Crippen LogP) is 6.91. The first-order chi connectivity index (χ1) is 18.8. The van der Waals surface area contributed by atoms with Crippen LogP contribution < -0.4 is 20.2 Å². The standard InChI is InChI=1S/C29H24Cl3N3O4/c1-2-38-26-13-18(16-33-35-27(36)14-20-8-5-7-19-6-3-4-9-22(19)20)12-25(32)29(26)39-17-28(37)34-21-10-11-23(30)24(31)15-21/h3-13,15-16H,2,14,17H2,1H3,(H,34,37)(H,35,36)/b33-16+. The zero-order valence-corrected chi connectivity index (χ0v) is 23.1. The van der Waals surface area contributed by atoms with Gasteiger partial charge in [0.25, 0.3) is 5.91 Å². The number of halogens is 3. The molecule has 2 amide bonds. The van der Waals surface area contributed by atoms with Crippen LogP contribution in [0.25, 0.3) is 10.8 Å². The molecule has 0 aliphatic carbocycles. The maximum absolute atomic E-state index is 12.5. The minimum absolute atomic E-state index is 0.181. The van der Waals surface area contributed by atoms with Gasteiger partial charge in [-0.05, 0) is 59.2 Å². The van der Waals surface area contributed by atoms with Gasteiger partial charge in [0.1, 0.15) is 0 Å². The molecule has 200 valence electrons. The van der Waals surface area contributed by atoms with E-state index in [0.717, 1.165) is 16.3 Å². The van der Waals surface area contributed by atoms with Crippen LogP contribution in [0.15, 0.2) is 77.9 Å². The lowest BCUT2D eigenvalue weighted by Crippen LogP contribution is -2.20. The SMILES string of the molecule is CCOc1cc(/C=N/NC(=O)Cc2cccc3ccccc23)cc(Cl)c1OCC(=O)Nc1ccc(Cl)c(Cl)c1. The van der Waals surface area contributed by atoms with Crippen molar-refractivity contribution >= 4 is 69.3 Å². The molecule has 0 heterocycles. The molecule has 0 aromatic heterocycles. The quantitative estimate of drug-likeness (QED) is 0.157. The lowest BCUT2D eigenvalue weighted by molar-refractivity contribution is -0.120. The number of hydrogen-bond donors (Lipinski definition) is 2. The maximum Gasteiger partial charge on any atom is 0.262 e. The molecule has 0 aliphatic rings. The molecule has 0 saturated carbocycles. The second-order valence-electron chi connectivity index (χ2n) is 8.34. The highest BCUT2D eigenvalue weighted by molar-refractivity contribution is 6.42. The number of carbonyl (C=O) groups excluding carboxylic acids is 2. The molecule has 4 aromatic carbocycles. The second-order valence-corrected chi connectivity index (χ2v) is 9.56. The second kappa shape index (κ2) is 13.3. The van der Waals surface area contributed by atoms with Crippen LogP contribution in [-0.4, -0.2) is 31.2 Å². The van der Waals surface area contributed by atoms with Gasteiger partial charge in [0.05, 0.1) is 34.3 Å². The van der Waals surface area contributed by atoms with E-state index in [1.165, 1.54) is 12.3 Å². The average molecular weight is 585 g/mol. The summed E-state index contributed by atoms with van der Waals surface area (Å²) in [6, 6.07) is 21.7. The molecule has 0 radical (unpaired) electrons. The van der Waals surface area contributed by atoms with Gasteiger partial charge in [0.2, 0.25) is 5.91 Å². The van der Waals surface area contributed by atoms with E-state index in [4.69, 9.17) is 44.3 Å². The lowest BCUT2D eigenvalue weighted by atomic mass is 10.0. The molecule has 4 rings (SSSR count). The summed E-state index contributed by atoms with van der Waals surface area (Å²) in [6.07, 6.45) is 1.64. The highest BCUT2D eigenvalue weighted by atomic mass is 35.5. The van der Waals surface area contributed by atoms with Crippen molar-refractivity contribution in [1.82, 2.24) is 5.43 Å². The molecule has 0 unspecified atom stereocenters. The topological polar surface area (TPSA) is 89.0 Å². The smallest absolute Gasteiger partial charge is 0.262 e. The predicted molar refractivity (Wildman–Crippen MR) is 157 cm³/mol. The Bertz CT molecular complexity index is 1540. The number of fused-ring (bicyclic) bond motifs is 1. The van der Waals surface area contributed by atoms with Crippen molar-refractivity contribution in [2.24, 2.45) is 5.10 Å². The molecule has 0 atom stereocenters. The van der Waals surface area contributed by atoms with Crippen molar-refractivity contribution in [3.05, 3.63) is 99.0 Å². The van der Waals surface area contributed by atoms with Gasteiger partial charge < -0.3 is 14.8 Å². The van der Waals surface area contributed by atoms with Crippen molar-refractivity contribution in [2.75, 3.05) is 18.5 Å². The van der Waals surface area contributed by atoms with Gasteiger partial charge >= 0.3 is 0 Å². The first-order valence-corrected chi connectivity index (χ1v) is 13.1. The Hall–Kier alpha value is -3.78. The molecule has 10 heteroatoms. The Balaban J connectivity index is 1.38. The van der Waals surface area contributed by atoms with Crippen LogP contribution in [0.3, 0.4) is 0 Å². The molecule has 0 fully saturated rings. The van der Waals surface area contributed by atoms with Gasteiger partial charge in [-0.3, -0.25) is 9.59 Å². The van der Waals surface area contributed by atoms with Crippen molar-refractivity contribution in [2.45, 2.75) is 13.3 Å². The number of hydrazone groups is 1. The largest absolute Gasteiger partial charge is 0.490 e. The summed E-state index contributed by atoms with van der Waals surface area (Å²) in [5, 5.41) is 9.74. The molecule has 0 spiro atoms. The normalized spacial score (nSPS) is 11.0. The number of hydrogen-bond acceptors (Lipinski definition) is 5. The molecule has 2 N–H and O–H groups in total. The van der Waals surface area contributed by atoms with Gasteiger partial charge in [-0.15, -0.1) is 0 Å². The number of amides is 2. The van der Waals surface area contributed by atoms with E-state index in [9.17, 15) is 9.59 Å². The van der Waals surface area contributed by atoms with Crippen LogP contribution >= 0.6 is 34.8 Å². The zero-order chi connectivity index (χ0) is 27.8. The first-order valence-electron chi connectivity index (χ1n) is 12.0. The fourth-order valence-corrected chi connectivity index (χ4v) is 4.38. The summed E-state index contributed by atoms with van der Waals surface area (Å²) in [5.74, 6) is -0.145. The number of benzene rings is 4. The zero-order valence-electron chi connectivity index (χ0n) is 20.8. The van der Waals surface area contributed by atoms with E-state index in [0.29, 0.717) is 33.7 Å². The number of ether oxygens (including phenoxy) is 2. The summed E-state index contributed by atoms with van der Waals surface area (Å²) in [5.41, 5.74) is 4.50. The van der Waals surface area contributed by atoms with Gasteiger partial charge in [0, 0.05) is 5.69 Å². The van der Waals surface area contributed by atoms with E-state index in [2.05, 4.69) is 15.8 Å². The van der Waals surface area contributed by atoms with Gasteiger partial charge in [-0.2, -0.15) is 5.10 Å². The molecular formula is C29H24Cl3N3O4. The van der Waals surface area contributed by atoms with Crippen molar-refractivity contribution < 1.29 is 19.1 Å². The summed E-state index contributed by atoms with van der Waals surface area (Å²) in [7, 11) is 0. The summed E-state index contributed by atoms with van der Waals surface area (Å²) < 4.78 is 11.3. The van der Waals surface area contributed by atoms with Crippen LogP contribution in [0.4, 0.5) is 5.69 Å². The number of anilines is 1. The Morgan fingerprint density at radius 3 is 2.46 bits per heavy atom. The Morgan fingerprint density at radius 2 is 1.67 bits per heavy atom. The monoisotopic (exact) mass is 583 g/mol. The first kappa shape index (κ1) is 28.2. The Morgan fingerprint density at radius 1 is 0.872 bits per heavy atom. The van der Waals surface area contributed by atoms with Gasteiger partial charge in [0.15, 0.2) is 18.1 Å². The highest BCUT2D eigenvalue weighted by Gasteiger charge is 2.15. The molecule has 0 aliphatic heterocycles. The van der Waals surface area contributed by atoms with Crippen LogP contribution in [0.1, 0.15) is 18.1 Å². The van der Waals surface area contributed by atoms with Crippen LogP contribution in [0.2, 0.25) is 15.1 Å². The Kier molecular flexibility index (Phi) is 9.65. The number of carbonyl (C=O) groups is 2. The number of nitrogens with zero attached hydrogens (tertiary/aromatic N) is 1. The van der Waals surface area contributed by atoms with E-state index < -0.39 is 5.91 Å². The molecular weight excluding hydrogens is 561 g/mol. The van der Waals surface area contributed by atoms with E-state index in [-0.39, 0.29) is 29.7 Å². The minimum atomic E-state index is -0.425. The molecule has 0 saturated heterocycles. The van der Waals surface area contributed by atoms with E-state index >= 15 is 0 Å². The summed E-state index contributed by atoms with van der Waals surface area (Å²) in [4.78, 5) is 24.9. The average Bonchev–Trinajstić information content (AvgIpc) is 2.91. The van der Waals surface area contributed by atoms with Crippen LogP contribution in [0.5, 0.6) is 11.5 Å². The summed E-state index contributed by atoms with van der Waals surface area (Å²) in [6.45, 7) is 1.82. The number of nitrogens with one attached hydrogen (secondary N) is 2. The van der Waals surface area contributed by atoms with Crippen LogP contribution in [0, 0.1) is 0 Å². The maximum atomic E-state index is 12.5.